The number of hydrogen-bond acceptors (Lipinski definition) is 5. The zero-order valence-electron chi connectivity index (χ0n) is 14.8. The summed E-state index contributed by atoms with van der Waals surface area (Å²) in [7, 11) is 0. The summed E-state index contributed by atoms with van der Waals surface area (Å²) in [4.78, 5) is 26.0. The lowest BCUT2D eigenvalue weighted by molar-refractivity contribution is -0.113. The van der Waals surface area contributed by atoms with Gasteiger partial charge in [0.15, 0.2) is 4.32 Å². The highest BCUT2D eigenvalue weighted by atomic mass is 32.2. The van der Waals surface area contributed by atoms with Crippen LogP contribution in [0.3, 0.4) is 0 Å². The number of rotatable bonds is 5. The van der Waals surface area contributed by atoms with E-state index in [9.17, 15) is 14.7 Å². The average Bonchev–Trinajstić information content (AvgIpc) is 2.91. The van der Waals surface area contributed by atoms with Gasteiger partial charge in [-0.3, -0.25) is 9.69 Å². The van der Waals surface area contributed by atoms with E-state index in [0.29, 0.717) is 21.5 Å². The maximum absolute atomic E-state index is 12.9. The van der Waals surface area contributed by atoms with Gasteiger partial charge in [-0.2, -0.15) is 0 Å². The SMILES string of the molecule is CCOc1ccc(C=C2SC(=S)N(c3cc(C(=O)O)ccc3C)C2=O)cc1. The van der Waals surface area contributed by atoms with Crippen LogP contribution in [-0.4, -0.2) is 27.9 Å². The molecule has 0 atom stereocenters. The smallest absolute Gasteiger partial charge is 0.335 e. The highest BCUT2D eigenvalue weighted by Crippen LogP contribution is 2.37. The first-order valence-corrected chi connectivity index (χ1v) is 9.48. The van der Waals surface area contributed by atoms with Crippen molar-refractivity contribution < 1.29 is 19.4 Å². The number of thiocarbonyl (C=S) groups is 1. The van der Waals surface area contributed by atoms with Gasteiger partial charge in [-0.25, -0.2) is 4.79 Å². The number of aromatic carboxylic acids is 1. The molecule has 1 N–H and O–H groups in total. The van der Waals surface area contributed by atoms with Crippen LogP contribution < -0.4 is 9.64 Å². The van der Waals surface area contributed by atoms with Gasteiger partial charge in [0.05, 0.1) is 22.8 Å². The van der Waals surface area contributed by atoms with Crippen molar-refractivity contribution in [3.63, 3.8) is 0 Å². The molecule has 5 nitrogen and oxygen atoms in total. The Kier molecular flexibility index (Phi) is 5.62. The fourth-order valence-electron chi connectivity index (χ4n) is 2.64. The van der Waals surface area contributed by atoms with E-state index in [0.717, 1.165) is 16.9 Å². The molecular weight excluding hydrogens is 382 g/mol. The van der Waals surface area contributed by atoms with Crippen molar-refractivity contribution in [2.45, 2.75) is 13.8 Å². The molecule has 1 aliphatic rings. The van der Waals surface area contributed by atoms with Crippen molar-refractivity contribution in [3.8, 4) is 5.75 Å². The minimum Gasteiger partial charge on any atom is -0.494 e. The zero-order valence-corrected chi connectivity index (χ0v) is 16.4. The van der Waals surface area contributed by atoms with E-state index in [4.69, 9.17) is 17.0 Å². The van der Waals surface area contributed by atoms with Gasteiger partial charge in [0.1, 0.15) is 5.75 Å². The standard InChI is InChI=1S/C20H17NO4S2/c1-3-25-15-8-5-13(6-9-15)10-17-18(22)21(20(26)27-17)16-11-14(19(23)24)7-4-12(16)2/h4-11H,3H2,1-2H3,(H,23,24). The second-order valence-electron chi connectivity index (χ2n) is 5.83. The molecule has 0 unspecified atom stereocenters. The summed E-state index contributed by atoms with van der Waals surface area (Å²) in [5, 5.41) is 9.22. The lowest BCUT2D eigenvalue weighted by Crippen LogP contribution is -2.28. The Morgan fingerprint density at radius 2 is 1.96 bits per heavy atom. The maximum atomic E-state index is 12.9. The third-order valence-corrected chi connectivity index (χ3v) is 5.28. The normalized spacial score (nSPS) is 15.5. The number of aryl methyl sites for hydroxylation is 1. The van der Waals surface area contributed by atoms with Gasteiger partial charge in [-0.1, -0.05) is 42.2 Å². The van der Waals surface area contributed by atoms with E-state index in [2.05, 4.69) is 0 Å². The molecule has 27 heavy (non-hydrogen) atoms. The van der Waals surface area contributed by atoms with Crippen molar-refractivity contribution in [1.29, 1.82) is 0 Å². The Morgan fingerprint density at radius 1 is 1.26 bits per heavy atom. The Bertz CT molecular complexity index is 951. The van der Waals surface area contributed by atoms with Crippen LogP contribution in [0, 0.1) is 6.92 Å². The molecule has 1 saturated heterocycles. The molecule has 3 rings (SSSR count). The summed E-state index contributed by atoms with van der Waals surface area (Å²) in [5.74, 6) is -0.542. The summed E-state index contributed by atoms with van der Waals surface area (Å²) >= 11 is 6.58. The van der Waals surface area contributed by atoms with Gasteiger partial charge in [-0.05, 0) is 55.3 Å². The molecule has 0 radical (unpaired) electrons. The largest absolute Gasteiger partial charge is 0.494 e. The number of carboxylic acids is 1. The minimum atomic E-state index is -1.05. The second-order valence-corrected chi connectivity index (χ2v) is 7.50. The summed E-state index contributed by atoms with van der Waals surface area (Å²) in [6, 6.07) is 12.1. The van der Waals surface area contributed by atoms with Crippen LogP contribution in [-0.2, 0) is 4.79 Å². The average molecular weight is 399 g/mol. The van der Waals surface area contributed by atoms with E-state index in [1.54, 1.807) is 12.1 Å². The molecular formula is C20H17NO4S2. The number of benzene rings is 2. The third-order valence-electron chi connectivity index (χ3n) is 3.98. The first-order valence-electron chi connectivity index (χ1n) is 8.25. The summed E-state index contributed by atoms with van der Waals surface area (Å²) < 4.78 is 5.80. The zero-order chi connectivity index (χ0) is 19.6. The molecule has 0 aliphatic carbocycles. The number of carboxylic acid groups (broad SMARTS) is 1. The number of hydrogen-bond donors (Lipinski definition) is 1. The highest BCUT2D eigenvalue weighted by molar-refractivity contribution is 8.27. The third kappa shape index (κ3) is 4.04. The predicted octanol–water partition coefficient (Wildman–Crippen LogP) is 4.50. The molecule has 1 fully saturated rings. The number of thioether (sulfide) groups is 1. The fraction of sp³-hybridized carbons (Fsp3) is 0.150. The van der Waals surface area contributed by atoms with E-state index in [-0.39, 0.29) is 11.5 Å². The topological polar surface area (TPSA) is 66.8 Å². The van der Waals surface area contributed by atoms with Crippen LogP contribution in [0.15, 0.2) is 47.4 Å². The molecule has 1 amide bonds. The molecule has 7 heteroatoms. The van der Waals surface area contributed by atoms with Gasteiger partial charge in [-0.15, -0.1) is 0 Å². The molecule has 2 aromatic carbocycles. The first-order chi connectivity index (χ1) is 12.9. The highest BCUT2D eigenvalue weighted by Gasteiger charge is 2.34. The molecule has 0 bridgehead atoms. The van der Waals surface area contributed by atoms with Gasteiger partial charge < -0.3 is 9.84 Å². The lowest BCUT2D eigenvalue weighted by Gasteiger charge is -2.17. The van der Waals surface area contributed by atoms with E-state index < -0.39 is 5.97 Å². The first kappa shape index (κ1) is 19.1. The summed E-state index contributed by atoms with van der Waals surface area (Å²) in [5.41, 5.74) is 2.24. The Labute approximate surface area is 166 Å². The number of anilines is 1. The van der Waals surface area contributed by atoms with Crippen LogP contribution in [0.25, 0.3) is 6.08 Å². The van der Waals surface area contributed by atoms with Crippen molar-refractivity contribution >= 4 is 51.9 Å². The number of nitrogens with zero attached hydrogens (tertiary/aromatic N) is 1. The Morgan fingerprint density at radius 3 is 2.59 bits per heavy atom. The predicted molar refractivity (Wildman–Crippen MR) is 111 cm³/mol. The van der Waals surface area contributed by atoms with Crippen LogP contribution in [0.2, 0.25) is 0 Å². The van der Waals surface area contributed by atoms with Crippen molar-refractivity contribution in [1.82, 2.24) is 0 Å². The maximum Gasteiger partial charge on any atom is 0.335 e. The van der Waals surface area contributed by atoms with E-state index >= 15 is 0 Å². The molecule has 1 heterocycles. The van der Waals surface area contributed by atoms with Crippen molar-refractivity contribution in [2.75, 3.05) is 11.5 Å². The minimum absolute atomic E-state index is 0.111. The van der Waals surface area contributed by atoms with Crippen LogP contribution in [0.4, 0.5) is 5.69 Å². The monoisotopic (exact) mass is 399 g/mol. The summed E-state index contributed by atoms with van der Waals surface area (Å²) in [6.07, 6.45) is 1.77. The molecule has 2 aromatic rings. The quantitative estimate of drug-likeness (QED) is 0.590. The van der Waals surface area contributed by atoms with Crippen molar-refractivity contribution in [2.24, 2.45) is 0 Å². The molecule has 1 aliphatic heterocycles. The second kappa shape index (κ2) is 7.94. The number of carbonyl (C=O) groups excluding carboxylic acids is 1. The van der Waals surface area contributed by atoms with Crippen LogP contribution in [0.1, 0.15) is 28.4 Å². The molecule has 0 saturated carbocycles. The summed E-state index contributed by atoms with van der Waals surface area (Å²) in [6.45, 7) is 4.32. The van der Waals surface area contributed by atoms with Crippen molar-refractivity contribution in [3.05, 3.63) is 64.1 Å². The Hall–Kier alpha value is -2.64. The Balaban J connectivity index is 1.91. The van der Waals surface area contributed by atoms with Crippen LogP contribution >= 0.6 is 24.0 Å². The lowest BCUT2D eigenvalue weighted by atomic mass is 10.1. The van der Waals surface area contributed by atoms with Gasteiger partial charge >= 0.3 is 5.97 Å². The van der Waals surface area contributed by atoms with Gasteiger partial charge in [0.25, 0.3) is 5.91 Å². The van der Waals surface area contributed by atoms with Gasteiger partial charge in [0.2, 0.25) is 0 Å². The number of amides is 1. The molecule has 0 aromatic heterocycles. The van der Waals surface area contributed by atoms with Crippen LogP contribution in [0.5, 0.6) is 5.75 Å². The molecule has 0 spiro atoms. The van der Waals surface area contributed by atoms with E-state index in [1.165, 1.54) is 28.8 Å². The fourth-order valence-corrected chi connectivity index (χ4v) is 3.92. The number of ether oxygens (including phenoxy) is 1. The van der Waals surface area contributed by atoms with E-state index in [1.807, 2.05) is 38.1 Å². The van der Waals surface area contributed by atoms with Gasteiger partial charge in [0, 0.05) is 0 Å². The number of carbonyl (C=O) groups is 2. The molecule has 138 valence electrons.